The van der Waals surface area contributed by atoms with Crippen molar-refractivity contribution < 1.29 is 14.4 Å². The van der Waals surface area contributed by atoms with Crippen LogP contribution < -0.4 is 0 Å². The first-order chi connectivity index (χ1) is 15.5. The minimum absolute atomic E-state index is 0.0385. The molecular weight excluding hydrogens is 434 g/mol. The number of nitrogens with zero attached hydrogens (tertiary/aromatic N) is 1. The molecule has 10 unspecified atom stereocenters. The van der Waals surface area contributed by atoms with E-state index in [4.69, 9.17) is 11.6 Å². The van der Waals surface area contributed by atoms with Crippen molar-refractivity contribution in [2.45, 2.75) is 79.1 Å². The molecule has 5 rings (SSSR count). The molecule has 0 heterocycles. The maximum absolute atomic E-state index is 14.0. The number of carbonyl (C=O) groups is 3. The number of halogens is 1. The Morgan fingerprint density at radius 2 is 1.73 bits per heavy atom. The molecule has 0 aromatic carbocycles. The van der Waals surface area contributed by atoms with Crippen molar-refractivity contribution in [2.24, 2.45) is 57.7 Å². The van der Waals surface area contributed by atoms with Crippen LogP contribution in [0.1, 0.15) is 79.1 Å². The maximum atomic E-state index is 14.0. The third-order valence-electron chi connectivity index (χ3n) is 11.4. The molecule has 0 saturated heterocycles. The van der Waals surface area contributed by atoms with E-state index in [1.165, 1.54) is 0 Å². The van der Waals surface area contributed by atoms with E-state index in [9.17, 15) is 19.6 Å². The van der Waals surface area contributed by atoms with Crippen molar-refractivity contribution in [3.8, 4) is 6.07 Å². The molecule has 10 atom stereocenters. The molecule has 5 heteroatoms. The van der Waals surface area contributed by atoms with E-state index in [1.807, 2.05) is 13.0 Å². The molecule has 0 aromatic heterocycles. The van der Waals surface area contributed by atoms with Gasteiger partial charge in [-0.1, -0.05) is 33.8 Å². The SMILES string of the molecule is CC1CCC2(C(=O)Cl)CCC3C(C(=O)CC4C5(C)C=C(C#N)C(=O)C(C)C5CCC34C)C2C1. The summed E-state index contributed by atoms with van der Waals surface area (Å²) in [7, 11) is 0. The highest BCUT2D eigenvalue weighted by Crippen LogP contribution is 2.70. The minimum atomic E-state index is -0.533. The zero-order chi connectivity index (χ0) is 23.9. The van der Waals surface area contributed by atoms with E-state index in [-0.39, 0.29) is 62.9 Å². The summed E-state index contributed by atoms with van der Waals surface area (Å²) < 4.78 is 0. The maximum Gasteiger partial charge on any atom is 0.228 e. The summed E-state index contributed by atoms with van der Waals surface area (Å²) in [5, 5.41) is 9.44. The van der Waals surface area contributed by atoms with Gasteiger partial charge in [0, 0.05) is 23.7 Å². The van der Waals surface area contributed by atoms with Crippen LogP contribution in [0.15, 0.2) is 11.6 Å². The van der Waals surface area contributed by atoms with Gasteiger partial charge in [-0.25, -0.2) is 0 Å². The molecule has 4 nitrogen and oxygen atoms in total. The normalized spacial score (nSPS) is 51.3. The first kappa shape index (κ1) is 23.3. The Morgan fingerprint density at radius 1 is 1.06 bits per heavy atom. The van der Waals surface area contributed by atoms with Gasteiger partial charge in [0.1, 0.15) is 11.9 Å². The lowest BCUT2D eigenvalue weighted by Crippen LogP contribution is -2.64. The Kier molecular flexibility index (Phi) is 5.30. The highest BCUT2D eigenvalue weighted by Gasteiger charge is 2.67. The molecule has 0 N–H and O–H groups in total. The fourth-order valence-electron chi connectivity index (χ4n) is 9.72. The number of ketones is 2. The van der Waals surface area contributed by atoms with Crippen LogP contribution in [0.3, 0.4) is 0 Å². The first-order valence-corrected chi connectivity index (χ1v) is 13.3. The molecule has 178 valence electrons. The van der Waals surface area contributed by atoms with Crippen LogP contribution in [-0.2, 0) is 14.4 Å². The fraction of sp³-hybridized carbons (Fsp3) is 0.786. The van der Waals surface area contributed by atoms with Crippen molar-refractivity contribution >= 4 is 28.4 Å². The molecule has 0 aromatic rings. The van der Waals surface area contributed by atoms with E-state index in [0.717, 1.165) is 44.9 Å². The quantitative estimate of drug-likeness (QED) is 0.449. The van der Waals surface area contributed by atoms with Crippen LogP contribution in [0.4, 0.5) is 0 Å². The summed E-state index contributed by atoms with van der Waals surface area (Å²) in [6, 6.07) is 2.15. The highest BCUT2D eigenvalue weighted by atomic mass is 35.5. The molecule has 5 aliphatic rings. The minimum Gasteiger partial charge on any atom is -0.299 e. The second kappa shape index (κ2) is 7.51. The summed E-state index contributed by atoms with van der Waals surface area (Å²) in [5.74, 6) is 1.08. The Labute approximate surface area is 202 Å². The Balaban J connectivity index is 1.58. The van der Waals surface area contributed by atoms with Crippen LogP contribution in [0.2, 0.25) is 0 Å². The van der Waals surface area contributed by atoms with Crippen LogP contribution >= 0.6 is 11.6 Å². The Hall–Kier alpha value is -1.47. The summed E-state index contributed by atoms with van der Waals surface area (Å²) in [6.45, 7) is 8.78. The number of carbonyl (C=O) groups excluding carboxylic acids is 3. The van der Waals surface area contributed by atoms with E-state index in [0.29, 0.717) is 18.1 Å². The van der Waals surface area contributed by atoms with E-state index in [1.54, 1.807) is 0 Å². The van der Waals surface area contributed by atoms with Gasteiger partial charge in [0.25, 0.3) is 0 Å². The van der Waals surface area contributed by atoms with Crippen molar-refractivity contribution in [2.75, 3.05) is 0 Å². The van der Waals surface area contributed by atoms with Crippen LogP contribution in [0.25, 0.3) is 0 Å². The average molecular weight is 470 g/mol. The fourth-order valence-corrected chi connectivity index (χ4v) is 10.0. The van der Waals surface area contributed by atoms with Crippen molar-refractivity contribution in [3.63, 3.8) is 0 Å². The number of hydrogen-bond acceptors (Lipinski definition) is 4. The second-order valence-electron chi connectivity index (χ2n) is 12.6. The number of nitriles is 1. The molecule has 0 spiro atoms. The largest absolute Gasteiger partial charge is 0.299 e. The van der Waals surface area contributed by atoms with Gasteiger partial charge in [-0.2, -0.15) is 5.26 Å². The molecule has 0 amide bonds. The summed E-state index contributed by atoms with van der Waals surface area (Å²) in [5.41, 5.74) is -0.627. The smallest absolute Gasteiger partial charge is 0.228 e. The first-order valence-electron chi connectivity index (χ1n) is 12.9. The van der Waals surface area contributed by atoms with Gasteiger partial charge in [0.2, 0.25) is 5.24 Å². The van der Waals surface area contributed by atoms with Crippen molar-refractivity contribution in [1.82, 2.24) is 0 Å². The lowest BCUT2D eigenvalue weighted by Gasteiger charge is -2.66. The number of rotatable bonds is 1. The number of fused-ring (bicyclic) bond motifs is 7. The third kappa shape index (κ3) is 2.97. The lowest BCUT2D eigenvalue weighted by atomic mass is 9.37. The predicted octanol–water partition coefficient (Wildman–Crippen LogP) is 5.88. The van der Waals surface area contributed by atoms with Crippen LogP contribution in [0, 0.1) is 69.0 Å². The van der Waals surface area contributed by atoms with E-state index >= 15 is 0 Å². The molecule has 0 aliphatic heterocycles. The standard InChI is InChI=1S/C28H36ClNO3/c1-15-5-9-28(25(29)33)10-7-19-23(20(28)11-15)21(31)12-22-26(19,3)8-6-18-16(2)24(32)17(14-30)13-27(18,22)4/h13,15-16,18-20,22-23H,5-12H2,1-4H3. The topological polar surface area (TPSA) is 75.0 Å². The third-order valence-corrected chi connectivity index (χ3v) is 11.8. The van der Waals surface area contributed by atoms with Gasteiger partial charge in [-0.05, 0) is 97.0 Å². The van der Waals surface area contributed by atoms with E-state index in [2.05, 4.69) is 26.8 Å². The lowest BCUT2D eigenvalue weighted by molar-refractivity contribution is -0.183. The number of Topliss-reactive ketones (excluding diaryl/α,β-unsaturated/α-hetero) is 2. The van der Waals surface area contributed by atoms with Gasteiger partial charge in [-0.3, -0.25) is 14.4 Å². The van der Waals surface area contributed by atoms with Crippen LogP contribution in [0.5, 0.6) is 0 Å². The number of hydrogen-bond donors (Lipinski definition) is 0. The Morgan fingerprint density at radius 3 is 2.39 bits per heavy atom. The second-order valence-corrected chi connectivity index (χ2v) is 13.0. The molecule has 4 fully saturated rings. The molecule has 0 radical (unpaired) electrons. The van der Waals surface area contributed by atoms with Gasteiger partial charge < -0.3 is 0 Å². The van der Waals surface area contributed by atoms with Gasteiger partial charge in [0.15, 0.2) is 5.78 Å². The molecule has 4 saturated carbocycles. The van der Waals surface area contributed by atoms with Crippen molar-refractivity contribution in [3.05, 3.63) is 11.6 Å². The monoisotopic (exact) mass is 469 g/mol. The van der Waals surface area contributed by atoms with Gasteiger partial charge in [-0.15, -0.1) is 0 Å². The molecular formula is C28H36ClNO3. The average Bonchev–Trinajstić information content (AvgIpc) is 2.77. The zero-order valence-corrected chi connectivity index (χ0v) is 21.1. The van der Waals surface area contributed by atoms with Crippen molar-refractivity contribution in [1.29, 1.82) is 5.26 Å². The number of allylic oxidation sites excluding steroid dienone is 2. The zero-order valence-electron chi connectivity index (χ0n) is 20.3. The predicted molar refractivity (Wildman–Crippen MR) is 126 cm³/mol. The van der Waals surface area contributed by atoms with Gasteiger partial charge >= 0.3 is 0 Å². The summed E-state index contributed by atoms with van der Waals surface area (Å²) in [4.78, 5) is 39.5. The summed E-state index contributed by atoms with van der Waals surface area (Å²) >= 11 is 6.27. The van der Waals surface area contributed by atoms with Crippen LogP contribution in [-0.4, -0.2) is 16.8 Å². The Bertz CT molecular complexity index is 996. The van der Waals surface area contributed by atoms with E-state index < -0.39 is 5.41 Å². The molecule has 33 heavy (non-hydrogen) atoms. The molecule has 0 bridgehead atoms. The summed E-state index contributed by atoms with van der Waals surface area (Å²) in [6.07, 6.45) is 8.77. The van der Waals surface area contributed by atoms with Gasteiger partial charge in [0.05, 0.1) is 5.57 Å². The highest BCUT2D eigenvalue weighted by molar-refractivity contribution is 6.64. The molecule has 5 aliphatic carbocycles.